The van der Waals surface area contributed by atoms with E-state index in [0.29, 0.717) is 30.5 Å². The Morgan fingerprint density at radius 2 is 2.16 bits per heavy atom. The molecule has 0 bridgehead atoms. The molecule has 1 aromatic rings. The predicted molar refractivity (Wildman–Crippen MR) is 92.9 cm³/mol. The minimum Gasteiger partial charge on any atom is -0.497 e. The molecular weight excluding hydrogens is 318 g/mol. The molecule has 0 radical (unpaired) electrons. The van der Waals surface area contributed by atoms with Gasteiger partial charge in [0, 0.05) is 12.6 Å². The minimum absolute atomic E-state index is 0.0272. The first-order valence-electron chi connectivity index (χ1n) is 8.51. The molecular formula is C19H21N3O3. The molecule has 4 rings (SSSR count). The lowest BCUT2D eigenvalue weighted by Crippen LogP contribution is -2.47. The van der Waals surface area contributed by atoms with Crippen LogP contribution in [-0.4, -0.2) is 48.0 Å². The van der Waals surface area contributed by atoms with E-state index in [1.54, 1.807) is 18.1 Å². The van der Waals surface area contributed by atoms with E-state index in [2.05, 4.69) is 11.9 Å². The van der Waals surface area contributed by atoms with E-state index in [1.807, 2.05) is 29.2 Å². The van der Waals surface area contributed by atoms with E-state index in [9.17, 15) is 9.59 Å². The number of carbonyl (C=O) groups is 2. The summed E-state index contributed by atoms with van der Waals surface area (Å²) >= 11 is 0. The van der Waals surface area contributed by atoms with Gasteiger partial charge in [-0.25, -0.2) is 4.79 Å². The monoisotopic (exact) mass is 339 g/mol. The third-order valence-electron chi connectivity index (χ3n) is 4.98. The molecule has 1 unspecified atom stereocenters. The number of methoxy groups -OCH3 is 1. The van der Waals surface area contributed by atoms with Crippen molar-refractivity contribution in [2.75, 3.05) is 20.2 Å². The van der Waals surface area contributed by atoms with Gasteiger partial charge in [-0.1, -0.05) is 18.2 Å². The molecule has 0 spiro atoms. The second kappa shape index (κ2) is 5.95. The molecule has 6 heteroatoms. The summed E-state index contributed by atoms with van der Waals surface area (Å²) in [5.41, 5.74) is 2.32. The summed E-state index contributed by atoms with van der Waals surface area (Å²) in [4.78, 5) is 29.2. The maximum atomic E-state index is 13.0. The summed E-state index contributed by atoms with van der Waals surface area (Å²) in [5, 5.41) is 2.98. The van der Waals surface area contributed by atoms with E-state index in [4.69, 9.17) is 4.74 Å². The molecule has 3 amide bonds. The number of urea groups is 1. The fourth-order valence-corrected chi connectivity index (χ4v) is 3.59. The standard InChI is InChI=1S/C19H21N3O3/c1-3-9-21-15-11-22(13-7-8-13)18(23)16(15)17(20-19(21)24)12-5-4-6-14(10-12)25-2/h3-6,10,13,17H,1,7-9,11H2,2H3,(H,20,24). The van der Waals surface area contributed by atoms with Gasteiger partial charge in [0.2, 0.25) is 0 Å². The van der Waals surface area contributed by atoms with Gasteiger partial charge >= 0.3 is 6.03 Å². The van der Waals surface area contributed by atoms with Crippen LogP contribution < -0.4 is 10.1 Å². The molecule has 0 aromatic heterocycles. The maximum Gasteiger partial charge on any atom is 0.322 e. The fourth-order valence-electron chi connectivity index (χ4n) is 3.59. The lowest BCUT2D eigenvalue weighted by molar-refractivity contribution is -0.126. The van der Waals surface area contributed by atoms with Crippen LogP contribution in [0.2, 0.25) is 0 Å². The predicted octanol–water partition coefficient (Wildman–Crippen LogP) is 2.21. The van der Waals surface area contributed by atoms with Crippen LogP contribution in [0, 0.1) is 0 Å². The number of rotatable bonds is 5. The highest BCUT2D eigenvalue weighted by Gasteiger charge is 2.47. The second-order valence-corrected chi connectivity index (χ2v) is 6.58. The van der Waals surface area contributed by atoms with Gasteiger partial charge in [-0.15, -0.1) is 6.58 Å². The summed E-state index contributed by atoms with van der Waals surface area (Å²) in [6.45, 7) is 4.62. The Balaban J connectivity index is 1.77. The molecule has 1 saturated carbocycles. The summed E-state index contributed by atoms with van der Waals surface area (Å²) in [6, 6.07) is 7.16. The first kappa shape index (κ1) is 15.7. The van der Waals surface area contributed by atoms with Crippen LogP contribution in [-0.2, 0) is 4.79 Å². The van der Waals surface area contributed by atoms with E-state index < -0.39 is 6.04 Å². The zero-order valence-corrected chi connectivity index (χ0v) is 14.2. The van der Waals surface area contributed by atoms with Crippen LogP contribution in [0.5, 0.6) is 5.75 Å². The van der Waals surface area contributed by atoms with Crippen molar-refractivity contribution >= 4 is 11.9 Å². The number of ether oxygens (including phenoxy) is 1. The average Bonchev–Trinajstić information content (AvgIpc) is 3.41. The van der Waals surface area contributed by atoms with Crippen LogP contribution in [0.4, 0.5) is 4.79 Å². The molecule has 1 fully saturated rings. The minimum atomic E-state index is -0.449. The lowest BCUT2D eigenvalue weighted by Gasteiger charge is -2.33. The lowest BCUT2D eigenvalue weighted by atomic mass is 9.95. The van der Waals surface area contributed by atoms with Gasteiger partial charge in [0.05, 0.1) is 31.0 Å². The highest BCUT2D eigenvalue weighted by molar-refractivity contribution is 6.01. The molecule has 130 valence electrons. The zero-order valence-electron chi connectivity index (χ0n) is 14.2. The summed E-state index contributed by atoms with van der Waals surface area (Å²) in [7, 11) is 1.60. The Morgan fingerprint density at radius 3 is 2.84 bits per heavy atom. The van der Waals surface area contributed by atoms with E-state index in [1.165, 1.54) is 0 Å². The van der Waals surface area contributed by atoms with Crippen molar-refractivity contribution in [2.45, 2.75) is 24.9 Å². The third kappa shape index (κ3) is 2.58. The van der Waals surface area contributed by atoms with Crippen LogP contribution in [0.3, 0.4) is 0 Å². The Labute approximate surface area is 146 Å². The Morgan fingerprint density at radius 1 is 1.36 bits per heavy atom. The number of benzene rings is 1. The van der Waals surface area contributed by atoms with Crippen molar-refractivity contribution in [2.24, 2.45) is 0 Å². The van der Waals surface area contributed by atoms with Crippen LogP contribution in [0.1, 0.15) is 24.4 Å². The van der Waals surface area contributed by atoms with Crippen LogP contribution in [0.15, 0.2) is 48.2 Å². The Hall–Kier alpha value is -2.76. The van der Waals surface area contributed by atoms with Gasteiger partial charge < -0.3 is 15.0 Å². The molecule has 1 N–H and O–H groups in total. The van der Waals surface area contributed by atoms with Gasteiger partial charge in [0.25, 0.3) is 5.91 Å². The number of nitrogens with one attached hydrogen (secondary N) is 1. The quantitative estimate of drug-likeness (QED) is 0.837. The fraction of sp³-hybridized carbons (Fsp3) is 0.368. The number of hydrogen-bond donors (Lipinski definition) is 1. The molecule has 2 aliphatic heterocycles. The molecule has 3 aliphatic rings. The van der Waals surface area contributed by atoms with Crippen molar-refractivity contribution in [3.8, 4) is 5.75 Å². The van der Waals surface area contributed by atoms with E-state index in [0.717, 1.165) is 24.1 Å². The van der Waals surface area contributed by atoms with Crippen molar-refractivity contribution in [1.82, 2.24) is 15.1 Å². The second-order valence-electron chi connectivity index (χ2n) is 6.58. The van der Waals surface area contributed by atoms with Crippen molar-refractivity contribution in [1.29, 1.82) is 0 Å². The molecule has 1 aromatic carbocycles. The molecule has 0 saturated heterocycles. The van der Waals surface area contributed by atoms with Gasteiger partial charge in [-0.2, -0.15) is 0 Å². The molecule has 6 nitrogen and oxygen atoms in total. The van der Waals surface area contributed by atoms with Crippen molar-refractivity contribution in [3.05, 3.63) is 53.8 Å². The number of hydrogen-bond acceptors (Lipinski definition) is 3. The number of amides is 3. The van der Waals surface area contributed by atoms with Gasteiger partial charge in [0.15, 0.2) is 0 Å². The van der Waals surface area contributed by atoms with Crippen molar-refractivity contribution < 1.29 is 14.3 Å². The summed E-state index contributed by atoms with van der Waals surface area (Å²) < 4.78 is 5.29. The van der Waals surface area contributed by atoms with Gasteiger partial charge in [-0.3, -0.25) is 9.69 Å². The van der Waals surface area contributed by atoms with Crippen LogP contribution in [0.25, 0.3) is 0 Å². The third-order valence-corrected chi connectivity index (χ3v) is 4.98. The number of carbonyl (C=O) groups excluding carboxylic acids is 2. The molecule has 2 heterocycles. The van der Waals surface area contributed by atoms with E-state index in [-0.39, 0.29) is 11.9 Å². The zero-order chi connectivity index (χ0) is 17.6. The smallest absolute Gasteiger partial charge is 0.322 e. The molecule has 25 heavy (non-hydrogen) atoms. The normalized spacial score (nSPS) is 22.8. The Kier molecular flexibility index (Phi) is 3.75. The summed E-state index contributed by atoms with van der Waals surface area (Å²) in [5.74, 6) is 0.728. The Bertz CT molecular complexity index is 782. The largest absolute Gasteiger partial charge is 0.497 e. The summed E-state index contributed by atoms with van der Waals surface area (Å²) in [6.07, 6.45) is 3.76. The highest BCUT2D eigenvalue weighted by atomic mass is 16.5. The first-order valence-corrected chi connectivity index (χ1v) is 8.51. The first-order chi connectivity index (χ1) is 12.1. The van der Waals surface area contributed by atoms with Crippen LogP contribution >= 0.6 is 0 Å². The van der Waals surface area contributed by atoms with Crippen molar-refractivity contribution in [3.63, 3.8) is 0 Å². The van der Waals surface area contributed by atoms with Gasteiger partial charge in [-0.05, 0) is 30.5 Å². The highest BCUT2D eigenvalue weighted by Crippen LogP contribution is 2.41. The molecule has 1 aliphatic carbocycles. The average molecular weight is 339 g/mol. The van der Waals surface area contributed by atoms with E-state index >= 15 is 0 Å². The SMILES string of the molecule is C=CCN1C(=O)NC(c2cccc(OC)c2)C2=C1CN(C1CC1)C2=O. The topological polar surface area (TPSA) is 61.9 Å². The maximum absolute atomic E-state index is 13.0. The van der Waals surface area contributed by atoms with Gasteiger partial charge in [0.1, 0.15) is 5.75 Å². The molecule has 1 atom stereocenters. The number of nitrogens with zero attached hydrogens (tertiary/aromatic N) is 2.